The van der Waals surface area contributed by atoms with Gasteiger partial charge in [0.2, 0.25) is 0 Å². The molecule has 2 aromatic carbocycles. The molecule has 1 atom stereocenters. The molecule has 0 aromatic heterocycles. The van der Waals surface area contributed by atoms with Crippen LogP contribution in [0.1, 0.15) is 23.6 Å². The Morgan fingerprint density at radius 2 is 1.69 bits per heavy atom. The molecule has 140 valence electrons. The molecule has 0 spiro atoms. The number of benzene rings is 2. The maximum absolute atomic E-state index is 12.2. The number of nitrogens with one attached hydrogen (secondary N) is 1. The number of rotatable bonds is 7. The summed E-state index contributed by atoms with van der Waals surface area (Å²) in [4.78, 5) is 12.2. The van der Waals surface area contributed by atoms with Crippen LogP contribution in [-0.2, 0) is 4.79 Å². The average molecular weight is 396 g/mol. The summed E-state index contributed by atoms with van der Waals surface area (Å²) >= 11 is 12.2. The van der Waals surface area contributed by atoms with Crippen molar-refractivity contribution < 1.29 is 14.3 Å². The van der Waals surface area contributed by atoms with Crippen molar-refractivity contribution in [2.45, 2.75) is 33.8 Å². The minimum absolute atomic E-state index is 0.208. The summed E-state index contributed by atoms with van der Waals surface area (Å²) in [7, 11) is 0. The van der Waals surface area contributed by atoms with Crippen molar-refractivity contribution in [3.05, 3.63) is 57.1 Å². The van der Waals surface area contributed by atoms with Gasteiger partial charge in [0.1, 0.15) is 18.1 Å². The van der Waals surface area contributed by atoms with Crippen LogP contribution in [0.4, 0.5) is 0 Å². The maximum Gasteiger partial charge on any atom is 0.260 e. The van der Waals surface area contributed by atoms with Crippen molar-refractivity contribution in [3.8, 4) is 11.5 Å². The molecule has 0 bridgehead atoms. The second-order valence-electron chi connectivity index (χ2n) is 6.18. The van der Waals surface area contributed by atoms with E-state index < -0.39 is 6.10 Å². The first kappa shape index (κ1) is 20.4. The van der Waals surface area contributed by atoms with Crippen LogP contribution < -0.4 is 14.8 Å². The molecular weight excluding hydrogens is 373 g/mol. The number of halogens is 2. The van der Waals surface area contributed by atoms with Gasteiger partial charge < -0.3 is 14.8 Å². The molecule has 0 saturated carbocycles. The predicted octanol–water partition coefficient (Wildman–Crippen LogP) is 4.88. The molecule has 1 N–H and O–H groups in total. The van der Waals surface area contributed by atoms with Crippen molar-refractivity contribution >= 4 is 29.1 Å². The van der Waals surface area contributed by atoms with Gasteiger partial charge in [0.15, 0.2) is 6.10 Å². The van der Waals surface area contributed by atoms with Crippen LogP contribution in [0.5, 0.6) is 11.5 Å². The largest absolute Gasteiger partial charge is 0.492 e. The average Bonchev–Trinajstić information content (AvgIpc) is 2.59. The van der Waals surface area contributed by atoms with Crippen LogP contribution in [0.3, 0.4) is 0 Å². The Hall–Kier alpha value is -1.91. The monoisotopic (exact) mass is 395 g/mol. The summed E-state index contributed by atoms with van der Waals surface area (Å²) in [5.74, 6) is 1.09. The number of hydrogen-bond acceptors (Lipinski definition) is 3. The van der Waals surface area contributed by atoms with Crippen LogP contribution in [0.2, 0.25) is 10.0 Å². The molecule has 1 amide bonds. The summed E-state index contributed by atoms with van der Waals surface area (Å²) in [6, 6.07) is 9.14. The summed E-state index contributed by atoms with van der Waals surface area (Å²) in [6.45, 7) is 8.16. The van der Waals surface area contributed by atoms with Crippen molar-refractivity contribution in [2.75, 3.05) is 13.2 Å². The van der Waals surface area contributed by atoms with E-state index in [9.17, 15) is 4.79 Å². The Morgan fingerprint density at radius 3 is 2.31 bits per heavy atom. The van der Waals surface area contributed by atoms with Crippen LogP contribution >= 0.6 is 23.2 Å². The molecule has 0 radical (unpaired) electrons. The molecule has 0 saturated heterocycles. The zero-order valence-electron chi connectivity index (χ0n) is 15.4. The summed E-state index contributed by atoms with van der Waals surface area (Å²) in [6.07, 6.45) is -0.621. The van der Waals surface area contributed by atoms with Crippen LogP contribution in [-0.4, -0.2) is 25.2 Å². The van der Waals surface area contributed by atoms with E-state index in [0.29, 0.717) is 34.7 Å². The first-order valence-electron chi connectivity index (χ1n) is 8.38. The quantitative estimate of drug-likeness (QED) is 0.679. The minimum atomic E-state index is -0.621. The Morgan fingerprint density at radius 1 is 1.04 bits per heavy atom. The molecule has 0 aliphatic heterocycles. The number of aryl methyl sites for hydroxylation is 3. The molecule has 0 heterocycles. The second kappa shape index (κ2) is 9.15. The zero-order valence-corrected chi connectivity index (χ0v) is 16.9. The van der Waals surface area contributed by atoms with Crippen molar-refractivity contribution in [1.82, 2.24) is 5.32 Å². The summed E-state index contributed by atoms with van der Waals surface area (Å²) < 4.78 is 11.3. The minimum Gasteiger partial charge on any atom is -0.492 e. The Bertz CT molecular complexity index is 770. The maximum atomic E-state index is 12.2. The van der Waals surface area contributed by atoms with Crippen LogP contribution in [0, 0.1) is 20.8 Å². The van der Waals surface area contributed by atoms with E-state index >= 15 is 0 Å². The van der Waals surface area contributed by atoms with Gasteiger partial charge in [-0.25, -0.2) is 0 Å². The molecule has 1 unspecified atom stereocenters. The van der Waals surface area contributed by atoms with E-state index in [1.165, 1.54) is 0 Å². The standard InChI is InChI=1S/C20H23Cl2NO3/c1-12-5-6-16(11-18(12)21)25-8-7-23-20(24)15(4)26-17-9-13(2)19(22)14(3)10-17/h5-6,9-11,15H,7-8H2,1-4H3,(H,23,24). The fraction of sp³-hybridized carbons (Fsp3) is 0.350. The van der Waals surface area contributed by atoms with Gasteiger partial charge in [-0.1, -0.05) is 29.3 Å². The lowest BCUT2D eigenvalue weighted by Gasteiger charge is -2.16. The highest BCUT2D eigenvalue weighted by Crippen LogP contribution is 2.26. The smallest absolute Gasteiger partial charge is 0.260 e. The zero-order chi connectivity index (χ0) is 19.3. The molecule has 26 heavy (non-hydrogen) atoms. The van der Waals surface area contributed by atoms with Gasteiger partial charge in [0.25, 0.3) is 5.91 Å². The lowest BCUT2D eigenvalue weighted by atomic mass is 10.1. The van der Waals surface area contributed by atoms with Crippen LogP contribution in [0.25, 0.3) is 0 Å². The molecule has 0 aliphatic rings. The highest BCUT2D eigenvalue weighted by Gasteiger charge is 2.15. The predicted molar refractivity (Wildman–Crippen MR) is 106 cm³/mol. The number of amides is 1. The lowest BCUT2D eigenvalue weighted by Crippen LogP contribution is -2.38. The Labute approximate surface area is 164 Å². The normalized spacial score (nSPS) is 11.8. The van der Waals surface area contributed by atoms with Gasteiger partial charge >= 0.3 is 0 Å². The van der Waals surface area contributed by atoms with E-state index in [1.54, 1.807) is 13.0 Å². The van der Waals surface area contributed by atoms with Gasteiger partial charge in [0.05, 0.1) is 6.54 Å². The van der Waals surface area contributed by atoms with Crippen LogP contribution in [0.15, 0.2) is 30.3 Å². The van der Waals surface area contributed by atoms with Gasteiger partial charge in [-0.2, -0.15) is 0 Å². The van der Waals surface area contributed by atoms with Gasteiger partial charge in [0, 0.05) is 10.0 Å². The molecule has 2 aromatic rings. The molecule has 2 rings (SSSR count). The third kappa shape index (κ3) is 5.55. The first-order chi connectivity index (χ1) is 12.3. The SMILES string of the molecule is Cc1ccc(OCCNC(=O)C(C)Oc2cc(C)c(Cl)c(C)c2)cc1Cl. The second-order valence-corrected chi connectivity index (χ2v) is 6.97. The van der Waals surface area contributed by atoms with E-state index in [4.69, 9.17) is 32.7 Å². The fourth-order valence-corrected chi connectivity index (χ4v) is 2.66. The van der Waals surface area contributed by atoms with Crippen molar-refractivity contribution in [2.24, 2.45) is 0 Å². The molecule has 0 aliphatic carbocycles. The lowest BCUT2D eigenvalue weighted by molar-refractivity contribution is -0.127. The highest BCUT2D eigenvalue weighted by atomic mass is 35.5. The number of carbonyl (C=O) groups is 1. The Balaban J connectivity index is 1.79. The summed E-state index contributed by atoms with van der Waals surface area (Å²) in [5.41, 5.74) is 2.82. The van der Waals surface area contributed by atoms with Gasteiger partial charge in [-0.3, -0.25) is 4.79 Å². The number of hydrogen-bond donors (Lipinski definition) is 1. The third-order valence-electron chi connectivity index (χ3n) is 3.91. The van der Waals surface area contributed by atoms with Gasteiger partial charge in [-0.05, 0) is 68.7 Å². The topological polar surface area (TPSA) is 47.6 Å². The molecular formula is C20H23Cl2NO3. The highest BCUT2D eigenvalue weighted by molar-refractivity contribution is 6.32. The van der Waals surface area contributed by atoms with Gasteiger partial charge in [-0.15, -0.1) is 0 Å². The Kier molecular flexibility index (Phi) is 7.18. The van der Waals surface area contributed by atoms with Crippen molar-refractivity contribution in [3.63, 3.8) is 0 Å². The fourth-order valence-electron chi connectivity index (χ4n) is 2.38. The molecule has 6 heteroatoms. The number of ether oxygens (including phenoxy) is 2. The van der Waals surface area contributed by atoms with E-state index in [-0.39, 0.29) is 5.91 Å². The first-order valence-corrected chi connectivity index (χ1v) is 9.13. The van der Waals surface area contributed by atoms with Crippen molar-refractivity contribution in [1.29, 1.82) is 0 Å². The number of carbonyl (C=O) groups excluding carboxylic acids is 1. The third-order valence-corrected chi connectivity index (χ3v) is 4.91. The molecule has 4 nitrogen and oxygen atoms in total. The van der Waals surface area contributed by atoms with E-state index in [2.05, 4.69) is 5.32 Å². The van der Waals surface area contributed by atoms with E-state index in [0.717, 1.165) is 16.7 Å². The van der Waals surface area contributed by atoms with E-state index in [1.807, 2.05) is 45.0 Å². The molecule has 0 fully saturated rings. The summed E-state index contributed by atoms with van der Waals surface area (Å²) in [5, 5.41) is 4.16.